The second kappa shape index (κ2) is 6.56. The Labute approximate surface area is 151 Å². The molecular weight excluding hydrogens is 360 g/mol. The molecule has 2 aromatic carbocycles. The van der Waals surface area contributed by atoms with E-state index in [4.69, 9.17) is 0 Å². The lowest BCUT2D eigenvalue weighted by Gasteiger charge is -2.03. The Morgan fingerprint density at radius 2 is 1.67 bits per heavy atom. The van der Waals surface area contributed by atoms with Crippen molar-refractivity contribution in [3.05, 3.63) is 70.6 Å². The molecule has 0 fully saturated rings. The molecule has 4 rings (SSSR count). The Balaban J connectivity index is 1.88. The lowest BCUT2D eigenvalue weighted by Crippen LogP contribution is -2.38. The fourth-order valence-electron chi connectivity index (χ4n) is 3.55. The average Bonchev–Trinajstić information content (AvgIpc) is 2.78. The quantitative estimate of drug-likeness (QED) is 0.537. The summed E-state index contributed by atoms with van der Waals surface area (Å²) in [4.78, 5) is 0. The van der Waals surface area contributed by atoms with Gasteiger partial charge in [0.25, 0.3) is 5.82 Å². The van der Waals surface area contributed by atoms with Crippen LogP contribution in [0.3, 0.4) is 0 Å². The minimum absolute atomic E-state index is 1.11. The zero-order valence-corrected chi connectivity index (χ0v) is 15.6. The van der Waals surface area contributed by atoms with Crippen molar-refractivity contribution in [2.24, 2.45) is 0 Å². The van der Waals surface area contributed by atoms with E-state index < -0.39 is 0 Å². The number of aryl methyl sites for hydroxylation is 1. The Hall–Kier alpha value is -1.87. The Morgan fingerprint density at radius 3 is 2.42 bits per heavy atom. The van der Waals surface area contributed by atoms with Gasteiger partial charge in [-0.15, -0.1) is 0 Å². The number of fused-ring (bicyclic) bond motifs is 1. The molecule has 1 aliphatic rings. The maximum atomic E-state index is 3.54. The number of imidazole rings is 1. The van der Waals surface area contributed by atoms with E-state index in [2.05, 4.69) is 86.7 Å². The molecule has 3 aromatic rings. The normalized spacial score (nSPS) is 14.2. The molecule has 0 bridgehead atoms. The summed E-state index contributed by atoms with van der Waals surface area (Å²) in [6.45, 7) is 3.25. The van der Waals surface area contributed by atoms with Crippen LogP contribution in [0.2, 0.25) is 0 Å². The van der Waals surface area contributed by atoms with E-state index >= 15 is 0 Å². The highest BCUT2D eigenvalue weighted by Crippen LogP contribution is 2.25. The molecule has 1 aliphatic heterocycles. The van der Waals surface area contributed by atoms with Gasteiger partial charge in [-0.2, -0.15) is 4.57 Å². The van der Waals surface area contributed by atoms with Gasteiger partial charge < -0.3 is 0 Å². The third kappa shape index (κ3) is 2.93. The van der Waals surface area contributed by atoms with Crippen LogP contribution in [-0.2, 0) is 13.0 Å². The molecule has 0 radical (unpaired) electrons. The largest absolute Gasteiger partial charge is 0.262 e. The first-order valence-electron chi connectivity index (χ1n) is 8.69. The van der Waals surface area contributed by atoms with Crippen LogP contribution in [-0.4, -0.2) is 4.57 Å². The number of rotatable bonds is 2. The summed E-state index contributed by atoms with van der Waals surface area (Å²) in [5, 5.41) is 0. The zero-order chi connectivity index (χ0) is 16.5. The lowest BCUT2D eigenvalue weighted by molar-refractivity contribution is -0.692. The molecule has 122 valence electrons. The van der Waals surface area contributed by atoms with E-state index in [-0.39, 0.29) is 0 Å². The second-order valence-corrected chi connectivity index (χ2v) is 7.52. The van der Waals surface area contributed by atoms with Gasteiger partial charge in [0.15, 0.2) is 5.69 Å². The molecule has 0 atom stereocenters. The number of hydrogen-bond donors (Lipinski definition) is 0. The van der Waals surface area contributed by atoms with Gasteiger partial charge in [-0.1, -0.05) is 33.6 Å². The van der Waals surface area contributed by atoms with Crippen LogP contribution in [0.4, 0.5) is 0 Å². The molecule has 0 saturated heterocycles. The molecule has 0 unspecified atom stereocenters. The summed E-state index contributed by atoms with van der Waals surface area (Å²) in [5.74, 6) is 1.43. The van der Waals surface area contributed by atoms with Crippen LogP contribution >= 0.6 is 15.9 Å². The average molecular weight is 382 g/mol. The molecule has 0 aliphatic carbocycles. The Bertz CT molecular complexity index is 775. The highest BCUT2D eigenvalue weighted by Gasteiger charge is 2.26. The lowest BCUT2D eigenvalue weighted by atomic mass is 10.1. The van der Waals surface area contributed by atoms with E-state index in [1.807, 2.05) is 0 Å². The minimum Gasteiger partial charge on any atom is -0.227 e. The number of benzene rings is 2. The first-order chi connectivity index (χ1) is 11.7. The third-order valence-electron chi connectivity index (χ3n) is 4.87. The van der Waals surface area contributed by atoms with Gasteiger partial charge in [-0.25, -0.2) is 4.57 Å². The molecule has 0 amide bonds. The molecule has 3 heteroatoms. The van der Waals surface area contributed by atoms with Crippen LogP contribution in [0.5, 0.6) is 0 Å². The zero-order valence-electron chi connectivity index (χ0n) is 14.0. The summed E-state index contributed by atoms with van der Waals surface area (Å²) >= 11 is 3.54. The van der Waals surface area contributed by atoms with E-state index in [1.165, 1.54) is 47.6 Å². The predicted octanol–water partition coefficient (Wildman–Crippen LogP) is 5.23. The fourth-order valence-corrected chi connectivity index (χ4v) is 3.81. The summed E-state index contributed by atoms with van der Waals surface area (Å²) in [6.07, 6.45) is 7.31. The molecule has 2 heterocycles. The van der Waals surface area contributed by atoms with Gasteiger partial charge in [0, 0.05) is 16.5 Å². The molecule has 0 saturated carbocycles. The van der Waals surface area contributed by atoms with Crippen molar-refractivity contribution < 1.29 is 4.57 Å². The highest BCUT2D eigenvalue weighted by molar-refractivity contribution is 9.10. The monoisotopic (exact) mass is 381 g/mol. The first kappa shape index (κ1) is 15.6. The maximum absolute atomic E-state index is 3.54. The van der Waals surface area contributed by atoms with E-state index in [0.29, 0.717) is 0 Å². The van der Waals surface area contributed by atoms with Crippen molar-refractivity contribution in [1.82, 2.24) is 4.57 Å². The maximum Gasteiger partial charge on any atom is 0.262 e. The van der Waals surface area contributed by atoms with Crippen molar-refractivity contribution in [3.8, 4) is 16.9 Å². The third-order valence-corrected chi connectivity index (χ3v) is 5.39. The van der Waals surface area contributed by atoms with Crippen LogP contribution in [0.25, 0.3) is 16.9 Å². The van der Waals surface area contributed by atoms with Gasteiger partial charge in [-0.3, -0.25) is 0 Å². The molecular formula is C21H22BrN2+. The standard InChI is InChI=1S/C21H22BrN2/c1-16-6-12-19(13-7-16)24-15-20(17-8-10-18(22)11-9-17)23-14-4-2-3-5-21(23)24/h6-13,15H,2-5,14H2,1H3/q+1. The van der Waals surface area contributed by atoms with Crippen molar-refractivity contribution in [2.45, 2.75) is 39.2 Å². The summed E-state index contributed by atoms with van der Waals surface area (Å²) in [5.41, 5.74) is 5.17. The fraction of sp³-hybridized carbons (Fsp3) is 0.286. The number of halogens is 1. The molecule has 24 heavy (non-hydrogen) atoms. The topological polar surface area (TPSA) is 8.81 Å². The Kier molecular flexibility index (Phi) is 4.28. The van der Waals surface area contributed by atoms with Crippen LogP contribution in [0.15, 0.2) is 59.2 Å². The van der Waals surface area contributed by atoms with Crippen molar-refractivity contribution in [2.75, 3.05) is 0 Å². The summed E-state index contributed by atoms with van der Waals surface area (Å²) < 4.78 is 6.04. The van der Waals surface area contributed by atoms with Crippen LogP contribution in [0.1, 0.15) is 30.7 Å². The van der Waals surface area contributed by atoms with Crippen molar-refractivity contribution in [3.63, 3.8) is 0 Å². The Morgan fingerprint density at radius 1 is 0.917 bits per heavy atom. The van der Waals surface area contributed by atoms with Crippen LogP contribution in [0, 0.1) is 6.92 Å². The van der Waals surface area contributed by atoms with Gasteiger partial charge in [0.05, 0.1) is 6.54 Å². The summed E-state index contributed by atoms with van der Waals surface area (Å²) in [7, 11) is 0. The minimum atomic E-state index is 1.11. The highest BCUT2D eigenvalue weighted by atomic mass is 79.9. The van der Waals surface area contributed by atoms with Crippen molar-refractivity contribution >= 4 is 15.9 Å². The van der Waals surface area contributed by atoms with Gasteiger partial charge in [-0.05, 0) is 62.6 Å². The van der Waals surface area contributed by atoms with Gasteiger partial charge in [0.2, 0.25) is 0 Å². The SMILES string of the molecule is Cc1ccc(-n2cc(-c3ccc(Br)cc3)[n+]3c2CCCCC3)cc1. The number of aromatic nitrogens is 2. The smallest absolute Gasteiger partial charge is 0.227 e. The van der Waals surface area contributed by atoms with Gasteiger partial charge >= 0.3 is 0 Å². The summed E-state index contributed by atoms with van der Waals surface area (Å²) in [6, 6.07) is 17.5. The van der Waals surface area contributed by atoms with Gasteiger partial charge in [0.1, 0.15) is 11.9 Å². The molecule has 0 N–H and O–H groups in total. The van der Waals surface area contributed by atoms with Crippen LogP contribution < -0.4 is 4.57 Å². The number of nitrogens with zero attached hydrogens (tertiary/aromatic N) is 2. The van der Waals surface area contributed by atoms with Crippen molar-refractivity contribution in [1.29, 1.82) is 0 Å². The van der Waals surface area contributed by atoms with E-state index in [0.717, 1.165) is 17.4 Å². The molecule has 1 aromatic heterocycles. The molecule has 2 nitrogen and oxygen atoms in total. The second-order valence-electron chi connectivity index (χ2n) is 6.61. The first-order valence-corrected chi connectivity index (χ1v) is 9.49. The molecule has 0 spiro atoms. The number of hydrogen-bond acceptors (Lipinski definition) is 0. The predicted molar refractivity (Wildman–Crippen MR) is 101 cm³/mol. The van der Waals surface area contributed by atoms with E-state index in [1.54, 1.807) is 0 Å². The van der Waals surface area contributed by atoms with E-state index in [9.17, 15) is 0 Å².